The molecule has 0 amide bonds. The van der Waals surface area contributed by atoms with Crippen molar-refractivity contribution < 1.29 is 9.47 Å². The first-order chi connectivity index (χ1) is 14.8. The Morgan fingerprint density at radius 1 is 1.00 bits per heavy atom. The molecule has 0 spiro atoms. The molecule has 30 heavy (non-hydrogen) atoms. The smallest absolute Gasteiger partial charge is 0.159 e. The summed E-state index contributed by atoms with van der Waals surface area (Å²) in [5, 5.41) is 0. The van der Waals surface area contributed by atoms with Crippen molar-refractivity contribution in [2.45, 2.75) is 51.3 Å². The maximum atomic E-state index is 6.12. The molecule has 2 aromatic carbocycles. The van der Waals surface area contributed by atoms with Crippen LogP contribution < -0.4 is 0 Å². The average molecular weight is 402 g/mol. The average Bonchev–Trinajstić information content (AvgIpc) is 3.49. The predicted molar refractivity (Wildman–Crippen MR) is 122 cm³/mol. The normalized spacial score (nSPS) is 13.9. The predicted octanol–water partition coefficient (Wildman–Crippen LogP) is 4.93. The highest BCUT2D eigenvalue weighted by Crippen LogP contribution is 2.20. The molecule has 1 fully saturated rings. The number of aryl methyl sites for hydroxylation is 2. The van der Waals surface area contributed by atoms with E-state index in [0.29, 0.717) is 0 Å². The summed E-state index contributed by atoms with van der Waals surface area (Å²) in [4.78, 5) is 4.20. The fourth-order valence-electron chi connectivity index (χ4n) is 3.45. The maximum absolute atomic E-state index is 6.12. The van der Waals surface area contributed by atoms with E-state index in [1.165, 1.54) is 18.5 Å². The van der Waals surface area contributed by atoms with Crippen LogP contribution >= 0.6 is 0 Å². The van der Waals surface area contributed by atoms with Crippen molar-refractivity contribution >= 4 is 7.85 Å². The third-order valence-electron chi connectivity index (χ3n) is 5.20. The van der Waals surface area contributed by atoms with Crippen LogP contribution in [-0.2, 0) is 22.4 Å². The largest absolute Gasteiger partial charge is 0.350 e. The lowest BCUT2D eigenvalue weighted by molar-refractivity contribution is -0.0491. The number of hydrogen-bond acceptors (Lipinski definition) is 3. The highest BCUT2D eigenvalue weighted by molar-refractivity contribution is 6.14. The summed E-state index contributed by atoms with van der Waals surface area (Å²) in [6, 6.07) is 20.3. The number of nitrogens with zero attached hydrogens (tertiary/aromatic N) is 2. The minimum Gasteiger partial charge on any atom is -0.350 e. The molecule has 1 aliphatic heterocycles. The highest BCUT2D eigenvalue weighted by Gasteiger charge is 2.15. The zero-order valence-corrected chi connectivity index (χ0v) is 17.8. The lowest BCUT2D eigenvalue weighted by atomic mass is 9.76. The molecule has 1 saturated heterocycles. The van der Waals surface area contributed by atoms with Gasteiger partial charge in [0.2, 0.25) is 0 Å². The van der Waals surface area contributed by atoms with Crippen LogP contribution in [-0.4, -0.2) is 36.9 Å². The summed E-state index contributed by atoms with van der Waals surface area (Å²) >= 11 is 0. The van der Waals surface area contributed by atoms with Crippen molar-refractivity contribution in [1.82, 2.24) is 9.55 Å². The van der Waals surface area contributed by atoms with Gasteiger partial charge in [0.05, 0.1) is 27.4 Å². The van der Waals surface area contributed by atoms with E-state index >= 15 is 0 Å². The summed E-state index contributed by atoms with van der Waals surface area (Å²) in [5.74, 6) is -0.0163. The van der Waals surface area contributed by atoms with Crippen molar-refractivity contribution in [2.24, 2.45) is 0 Å². The van der Waals surface area contributed by atoms with Gasteiger partial charge in [-0.15, -0.1) is 0 Å². The van der Waals surface area contributed by atoms with Crippen molar-refractivity contribution in [3.05, 3.63) is 90.0 Å². The van der Waals surface area contributed by atoms with Crippen LogP contribution in [0.25, 0.3) is 0 Å². The summed E-state index contributed by atoms with van der Waals surface area (Å²) in [6.07, 6.45) is 8.33. The van der Waals surface area contributed by atoms with Gasteiger partial charge in [-0.05, 0) is 29.8 Å². The Labute approximate surface area is 181 Å². The molecule has 1 aromatic heterocycles. The van der Waals surface area contributed by atoms with Gasteiger partial charge in [-0.3, -0.25) is 0 Å². The van der Waals surface area contributed by atoms with Crippen LogP contribution in [0.5, 0.6) is 0 Å². The summed E-state index contributed by atoms with van der Waals surface area (Å²) in [7, 11) is 6.12. The van der Waals surface area contributed by atoms with E-state index in [4.69, 9.17) is 17.3 Å². The molecule has 0 bridgehead atoms. The molecule has 0 atom stereocenters. The Kier molecular flexibility index (Phi) is 9.20. The molecular formula is C25H31BN2O2. The Morgan fingerprint density at radius 3 is 2.17 bits per heavy atom. The SMILES string of the molecule is CCCCc1cncn1CCC1OCCO1.[B]C(c1ccccc1)c1ccccc1. The Hall–Kier alpha value is -2.37. The van der Waals surface area contributed by atoms with Gasteiger partial charge in [0.25, 0.3) is 0 Å². The van der Waals surface area contributed by atoms with E-state index in [1.54, 1.807) is 0 Å². The fraction of sp³-hybridized carbons (Fsp3) is 0.400. The lowest BCUT2D eigenvalue weighted by Crippen LogP contribution is -2.12. The first kappa shape index (κ1) is 22.3. The second-order valence-electron chi connectivity index (χ2n) is 7.44. The molecule has 2 radical (unpaired) electrons. The lowest BCUT2D eigenvalue weighted by Gasteiger charge is -2.12. The summed E-state index contributed by atoms with van der Waals surface area (Å²) < 4.78 is 13.0. The monoisotopic (exact) mass is 402 g/mol. The van der Waals surface area contributed by atoms with Gasteiger partial charge >= 0.3 is 0 Å². The van der Waals surface area contributed by atoms with Crippen molar-refractivity contribution in [1.29, 1.82) is 0 Å². The molecule has 0 unspecified atom stereocenters. The zero-order valence-electron chi connectivity index (χ0n) is 17.8. The Morgan fingerprint density at radius 2 is 1.60 bits per heavy atom. The van der Waals surface area contributed by atoms with E-state index in [2.05, 4.69) is 40.7 Å². The van der Waals surface area contributed by atoms with Crippen molar-refractivity contribution in [3.63, 3.8) is 0 Å². The maximum Gasteiger partial charge on any atom is 0.159 e. The fourth-order valence-corrected chi connectivity index (χ4v) is 3.45. The minimum atomic E-state index is -0.0163. The first-order valence-electron chi connectivity index (χ1n) is 10.9. The van der Waals surface area contributed by atoms with E-state index in [1.807, 2.05) is 48.9 Å². The highest BCUT2D eigenvalue weighted by atomic mass is 16.7. The van der Waals surface area contributed by atoms with Gasteiger partial charge < -0.3 is 14.0 Å². The zero-order chi connectivity index (χ0) is 21.0. The van der Waals surface area contributed by atoms with Gasteiger partial charge in [-0.1, -0.05) is 74.0 Å². The van der Waals surface area contributed by atoms with Gasteiger partial charge in [-0.25, -0.2) is 4.98 Å². The quantitative estimate of drug-likeness (QED) is 0.501. The second-order valence-corrected chi connectivity index (χ2v) is 7.44. The number of hydrogen-bond donors (Lipinski definition) is 0. The molecule has 2 heterocycles. The number of ether oxygens (including phenoxy) is 2. The third-order valence-corrected chi connectivity index (χ3v) is 5.20. The summed E-state index contributed by atoms with van der Waals surface area (Å²) in [5.41, 5.74) is 3.62. The molecule has 5 heteroatoms. The van der Waals surface area contributed by atoms with Gasteiger partial charge in [0.1, 0.15) is 0 Å². The third kappa shape index (κ3) is 6.86. The molecule has 0 aliphatic carbocycles. The van der Waals surface area contributed by atoms with Crippen LogP contribution in [0.15, 0.2) is 73.2 Å². The van der Waals surface area contributed by atoms with E-state index in [-0.39, 0.29) is 12.1 Å². The number of unbranched alkanes of at least 4 members (excludes halogenated alkanes) is 1. The van der Waals surface area contributed by atoms with Gasteiger partial charge in [-0.2, -0.15) is 0 Å². The molecule has 0 saturated carbocycles. The van der Waals surface area contributed by atoms with E-state index in [0.717, 1.165) is 43.7 Å². The second kappa shape index (κ2) is 12.4. The number of imidazole rings is 1. The first-order valence-corrected chi connectivity index (χ1v) is 10.9. The minimum absolute atomic E-state index is 0.0126. The molecular weight excluding hydrogens is 371 g/mol. The van der Waals surface area contributed by atoms with Gasteiger partial charge in [0.15, 0.2) is 6.29 Å². The Bertz CT molecular complexity index is 793. The number of rotatable bonds is 8. The van der Waals surface area contributed by atoms with Crippen molar-refractivity contribution in [2.75, 3.05) is 13.2 Å². The number of aromatic nitrogens is 2. The molecule has 3 aromatic rings. The standard InChI is InChI=1S/C13H11B.C12H20N2O2/c14-13(11-7-3-1-4-8-11)12-9-5-2-6-10-12;1-2-3-4-11-9-13-10-14(11)6-5-12-15-7-8-16-12/h1-10,13H;9-10,12H,2-8H2,1H3. The van der Waals surface area contributed by atoms with Crippen molar-refractivity contribution in [3.8, 4) is 0 Å². The molecule has 4 nitrogen and oxygen atoms in total. The van der Waals surface area contributed by atoms with Crippen LogP contribution in [0.1, 0.15) is 48.8 Å². The van der Waals surface area contributed by atoms with Crippen LogP contribution in [0.3, 0.4) is 0 Å². The topological polar surface area (TPSA) is 36.3 Å². The molecule has 1 aliphatic rings. The summed E-state index contributed by atoms with van der Waals surface area (Å²) in [6.45, 7) is 4.61. The van der Waals surface area contributed by atoms with Crippen LogP contribution in [0.4, 0.5) is 0 Å². The Balaban J connectivity index is 0.000000172. The van der Waals surface area contributed by atoms with Crippen LogP contribution in [0.2, 0.25) is 0 Å². The molecule has 0 N–H and O–H groups in total. The number of benzene rings is 2. The molecule has 156 valence electrons. The van der Waals surface area contributed by atoms with E-state index < -0.39 is 0 Å². The molecule has 4 rings (SSSR count). The van der Waals surface area contributed by atoms with Crippen LogP contribution in [0, 0.1) is 0 Å². The van der Waals surface area contributed by atoms with E-state index in [9.17, 15) is 0 Å². The van der Waals surface area contributed by atoms with Gasteiger partial charge in [0, 0.05) is 24.9 Å².